The molecule has 1 fully saturated rings. The van der Waals surface area contributed by atoms with E-state index in [0.717, 1.165) is 30.6 Å². The van der Waals surface area contributed by atoms with E-state index in [0.29, 0.717) is 6.04 Å². The Morgan fingerprint density at radius 2 is 2.11 bits per heavy atom. The van der Waals surface area contributed by atoms with Crippen molar-refractivity contribution in [3.8, 4) is 0 Å². The Morgan fingerprint density at radius 1 is 1.37 bits per heavy atom. The molecule has 3 nitrogen and oxygen atoms in total. The lowest BCUT2D eigenvalue weighted by Gasteiger charge is -2.11. The quantitative estimate of drug-likeness (QED) is 0.363. The van der Waals surface area contributed by atoms with Gasteiger partial charge in [-0.1, -0.05) is 25.1 Å². The molecule has 1 aliphatic rings. The van der Waals surface area contributed by atoms with Crippen LogP contribution in [0.5, 0.6) is 0 Å². The SMILES string of the molecule is CN=C(NCCCSc1ccccc1)NC1CC1C. The molecular formula is C15H23N3S. The van der Waals surface area contributed by atoms with Crippen molar-refractivity contribution in [2.75, 3.05) is 19.3 Å². The maximum Gasteiger partial charge on any atom is 0.191 e. The Kier molecular flexibility index (Phi) is 5.58. The van der Waals surface area contributed by atoms with E-state index >= 15 is 0 Å². The molecule has 2 unspecified atom stereocenters. The fraction of sp³-hybridized carbons (Fsp3) is 0.533. The molecule has 0 saturated heterocycles. The van der Waals surface area contributed by atoms with Gasteiger partial charge in [-0.05, 0) is 36.6 Å². The molecule has 0 bridgehead atoms. The minimum absolute atomic E-state index is 0.630. The molecule has 4 heteroatoms. The average molecular weight is 277 g/mol. The number of rotatable bonds is 6. The molecule has 2 atom stereocenters. The number of nitrogens with zero attached hydrogens (tertiary/aromatic N) is 1. The molecule has 0 spiro atoms. The molecule has 1 aromatic rings. The summed E-state index contributed by atoms with van der Waals surface area (Å²) in [6, 6.07) is 11.2. The number of nitrogens with one attached hydrogen (secondary N) is 2. The fourth-order valence-electron chi connectivity index (χ4n) is 1.88. The zero-order chi connectivity index (χ0) is 13.5. The number of guanidine groups is 1. The van der Waals surface area contributed by atoms with Crippen LogP contribution in [0.3, 0.4) is 0 Å². The molecule has 104 valence electrons. The first-order valence-corrected chi connectivity index (χ1v) is 7.93. The lowest BCUT2D eigenvalue weighted by Crippen LogP contribution is -2.39. The number of hydrogen-bond donors (Lipinski definition) is 2. The van der Waals surface area contributed by atoms with Crippen molar-refractivity contribution in [3.05, 3.63) is 30.3 Å². The Morgan fingerprint density at radius 3 is 2.74 bits per heavy atom. The number of hydrogen-bond acceptors (Lipinski definition) is 2. The van der Waals surface area contributed by atoms with E-state index in [4.69, 9.17) is 0 Å². The summed E-state index contributed by atoms with van der Waals surface area (Å²) in [5.41, 5.74) is 0. The molecular weight excluding hydrogens is 254 g/mol. The Hall–Kier alpha value is -1.16. The predicted octanol–water partition coefficient (Wildman–Crippen LogP) is 2.74. The van der Waals surface area contributed by atoms with E-state index in [-0.39, 0.29) is 0 Å². The number of benzene rings is 1. The van der Waals surface area contributed by atoms with Crippen LogP contribution in [0, 0.1) is 5.92 Å². The zero-order valence-electron chi connectivity index (χ0n) is 11.7. The summed E-state index contributed by atoms with van der Waals surface area (Å²) in [6.07, 6.45) is 2.41. The van der Waals surface area contributed by atoms with Gasteiger partial charge in [0.1, 0.15) is 0 Å². The molecule has 1 aromatic carbocycles. The number of aliphatic imine (C=N–C) groups is 1. The largest absolute Gasteiger partial charge is 0.356 e. The van der Waals surface area contributed by atoms with Gasteiger partial charge in [-0.25, -0.2) is 0 Å². The summed E-state index contributed by atoms with van der Waals surface area (Å²) < 4.78 is 0. The minimum atomic E-state index is 0.630. The smallest absolute Gasteiger partial charge is 0.191 e. The molecule has 1 aliphatic carbocycles. The predicted molar refractivity (Wildman–Crippen MR) is 83.8 cm³/mol. The first-order chi connectivity index (χ1) is 9.29. The monoisotopic (exact) mass is 277 g/mol. The Bertz CT molecular complexity index is 405. The van der Waals surface area contributed by atoms with Crippen LogP contribution in [0.25, 0.3) is 0 Å². The lowest BCUT2D eigenvalue weighted by molar-refractivity contribution is 0.753. The van der Waals surface area contributed by atoms with Crippen molar-refractivity contribution in [2.24, 2.45) is 10.9 Å². The minimum Gasteiger partial charge on any atom is -0.356 e. The Labute approximate surface area is 120 Å². The molecule has 2 rings (SSSR count). The van der Waals surface area contributed by atoms with Crippen molar-refractivity contribution < 1.29 is 0 Å². The highest BCUT2D eigenvalue weighted by molar-refractivity contribution is 7.99. The van der Waals surface area contributed by atoms with Crippen molar-refractivity contribution in [1.29, 1.82) is 0 Å². The van der Waals surface area contributed by atoms with Crippen molar-refractivity contribution in [1.82, 2.24) is 10.6 Å². The van der Waals surface area contributed by atoms with Gasteiger partial charge in [0.2, 0.25) is 0 Å². The van der Waals surface area contributed by atoms with Crippen LogP contribution < -0.4 is 10.6 Å². The van der Waals surface area contributed by atoms with E-state index in [1.807, 2.05) is 18.8 Å². The first kappa shape index (κ1) is 14.3. The van der Waals surface area contributed by atoms with E-state index in [1.165, 1.54) is 11.3 Å². The van der Waals surface area contributed by atoms with Crippen molar-refractivity contribution in [3.63, 3.8) is 0 Å². The van der Waals surface area contributed by atoms with Crippen LogP contribution in [0.4, 0.5) is 0 Å². The maximum absolute atomic E-state index is 4.25. The summed E-state index contributed by atoms with van der Waals surface area (Å²) in [7, 11) is 1.83. The van der Waals surface area contributed by atoms with Crippen LogP contribution in [0.15, 0.2) is 40.2 Å². The normalized spacial score (nSPS) is 22.1. The molecule has 0 aromatic heterocycles. The molecule has 1 saturated carbocycles. The standard InChI is InChI=1S/C15H23N3S/c1-12-11-14(12)18-15(16-2)17-9-6-10-19-13-7-4-3-5-8-13/h3-5,7-8,12,14H,6,9-11H2,1-2H3,(H2,16,17,18). The second-order valence-electron chi connectivity index (χ2n) is 4.98. The second kappa shape index (κ2) is 7.43. The highest BCUT2D eigenvalue weighted by Gasteiger charge is 2.32. The van der Waals surface area contributed by atoms with Gasteiger partial charge in [-0.15, -0.1) is 11.8 Å². The third-order valence-electron chi connectivity index (χ3n) is 3.28. The third kappa shape index (κ3) is 5.15. The van der Waals surface area contributed by atoms with Crippen molar-refractivity contribution in [2.45, 2.75) is 30.7 Å². The first-order valence-electron chi connectivity index (χ1n) is 6.94. The van der Waals surface area contributed by atoms with E-state index < -0.39 is 0 Å². The molecule has 0 amide bonds. The maximum atomic E-state index is 4.25. The van der Waals surface area contributed by atoms with Gasteiger partial charge in [0, 0.05) is 24.5 Å². The van der Waals surface area contributed by atoms with Gasteiger partial charge in [-0.3, -0.25) is 4.99 Å². The van der Waals surface area contributed by atoms with Crippen molar-refractivity contribution >= 4 is 17.7 Å². The summed E-state index contributed by atoms with van der Waals surface area (Å²) >= 11 is 1.91. The molecule has 2 N–H and O–H groups in total. The summed E-state index contributed by atoms with van der Waals surface area (Å²) in [5, 5.41) is 6.80. The van der Waals surface area contributed by atoms with Gasteiger partial charge in [0.25, 0.3) is 0 Å². The highest BCUT2D eigenvalue weighted by Crippen LogP contribution is 2.28. The Balaban J connectivity index is 1.56. The van der Waals surface area contributed by atoms with E-state index in [2.05, 4.69) is 52.9 Å². The van der Waals surface area contributed by atoms with Gasteiger partial charge >= 0.3 is 0 Å². The average Bonchev–Trinajstić information content (AvgIpc) is 3.13. The van der Waals surface area contributed by atoms with Crippen LogP contribution in [0.2, 0.25) is 0 Å². The number of thioether (sulfide) groups is 1. The van der Waals surface area contributed by atoms with Crippen LogP contribution in [0.1, 0.15) is 19.8 Å². The molecule has 0 heterocycles. The molecule has 19 heavy (non-hydrogen) atoms. The van der Waals surface area contributed by atoms with Crippen LogP contribution in [-0.4, -0.2) is 31.3 Å². The lowest BCUT2D eigenvalue weighted by atomic mass is 10.4. The zero-order valence-corrected chi connectivity index (χ0v) is 12.5. The molecule has 0 radical (unpaired) electrons. The van der Waals surface area contributed by atoms with Gasteiger partial charge in [0.15, 0.2) is 5.96 Å². The van der Waals surface area contributed by atoms with E-state index in [1.54, 1.807) is 0 Å². The molecule has 0 aliphatic heterocycles. The van der Waals surface area contributed by atoms with E-state index in [9.17, 15) is 0 Å². The fourth-order valence-corrected chi connectivity index (χ4v) is 2.75. The topological polar surface area (TPSA) is 36.4 Å². The highest BCUT2D eigenvalue weighted by atomic mass is 32.2. The van der Waals surface area contributed by atoms with Crippen LogP contribution >= 0.6 is 11.8 Å². The van der Waals surface area contributed by atoms with Gasteiger partial charge in [-0.2, -0.15) is 0 Å². The second-order valence-corrected chi connectivity index (χ2v) is 6.15. The van der Waals surface area contributed by atoms with Crippen LogP contribution in [-0.2, 0) is 0 Å². The summed E-state index contributed by atoms with van der Waals surface area (Å²) in [5.74, 6) is 2.87. The summed E-state index contributed by atoms with van der Waals surface area (Å²) in [6.45, 7) is 3.24. The van der Waals surface area contributed by atoms with Gasteiger partial charge in [0.05, 0.1) is 0 Å². The third-order valence-corrected chi connectivity index (χ3v) is 4.38. The summed E-state index contributed by atoms with van der Waals surface area (Å²) in [4.78, 5) is 5.59. The van der Waals surface area contributed by atoms with Gasteiger partial charge < -0.3 is 10.6 Å².